The highest BCUT2D eigenvalue weighted by atomic mass is 16.5. The summed E-state index contributed by atoms with van der Waals surface area (Å²) in [5, 5.41) is 11.3. The highest BCUT2D eigenvalue weighted by Crippen LogP contribution is 2.26. The van der Waals surface area contributed by atoms with Crippen molar-refractivity contribution in [3.05, 3.63) is 24.0 Å². The van der Waals surface area contributed by atoms with Crippen molar-refractivity contribution in [2.24, 2.45) is 0 Å². The fraction of sp³-hybridized carbons (Fsp3) is 0.562. The third-order valence-corrected chi connectivity index (χ3v) is 3.48. The van der Waals surface area contributed by atoms with Crippen LogP contribution in [0.15, 0.2) is 18.5 Å². The minimum absolute atomic E-state index is 0.396. The van der Waals surface area contributed by atoms with E-state index in [0.717, 1.165) is 16.6 Å². The molecule has 5 nitrogen and oxygen atoms in total. The summed E-state index contributed by atoms with van der Waals surface area (Å²) in [7, 11) is 3.61. The summed E-state index contributed by atoms with van der Waals surface area (Å²) in [6.07, 6.45) is 2.93. The average molecular weight is 293 g/mol. The number of hydrogen-bond acceptors (Lipinski definition) is 4. The Morgan fingerprint density at radius 3 is 2.62 bits per heavy atom. The van der Waals surface area contributed by atoms with Crippen LogP contribution in [-0.4, -0.2) is 46.7 Å². The maximum absolute atomic E-state index is 10.4. The van der Waals surface area contributed by atoms with Crippen LogP contribution in [0.3, 0.4) is 0 Å². The summed E-state index contributed by atoms with van der Waals surface area (Å²) < 4.78 is 5.18. The highest BCUT2D eigenvalue weighted by molar-refractivity contribution is 5.81. The largest absolute Gasteiger partial charge is 0.495 e. The van der Waals surface area contributed by atoms with E-state index in [9.17, 15) is 5.11 Å². The van der Waals surface area contributed by atoms with Gasteiger partial charge in [-0.1, -0.05) is 13.8 Å². The lowest BCUT2D eigenvalue weighted by Gasteiger charge is -2.23. The molecular formula is C16H27N3O2. The lowest BCUT2D eigenvalue weighted by molar-refractivity contribution is 0.113. The Morgan fingerprint density at radius 2 is 2.05 bits per heavy atom. The third kappa shape index (κ3) is 4.19. The normalized spacial score (nSPS) is 12.4. The Kier molecular flexibility index (Phi) is 6.65. The number of methoxy groups -OCH3 is 1. The first-order valence-electron chi connectivity index (χ1n) is 7.42. The lowest BCUT2D eigenvalue weighted by Crippen LogP contribution is -2.30. The number of rotatable bonds is 5. The lowest BCUT2D eigenvalue weighted by atomic mass is 10.1. The van der Waals surface area contributed by atoms with Crippen molar-refractivity contribution in [1.29, 1.82) is 0 Å². The molecule has 0 fully saturated rings. The molecule has 2 N–H and O–H groups in total. The number of likely N-dealkylation sites (N-methyl/N-ethyl adjacent to an activating group) is 1. The van der Waals surface area contributed by atoms with Crippen LogP contribution in [0.1, 0.15) is 39.4 Å². The van der Waals surface area contributed by atoms with Crippen molar-refractivity contribution in [1.82, 2.24) is 14.9 Å². The van der Waals surface area contributed by atoms with Gasteiger partial charge in [0.25, 0.3) is 0 Å². The number of ether oxygens (including phenoxy) is 1. The van der Waals surface area contributed by atoms with Crippen LogP contribution in [0.5, 0.6) is 5.75 Å². The second-order valence-corrected chi connectivity index (χ2v) is 5.06. The molecular weight excluding hydrogens is 266 g/mol. The van der Waals surface area contributed by atoms with Gasteiger partial charge in [-0.15, -0.1) is 0 Å². The van der Waals surface area contributed by atoms with Gasteiger partial charge in [0.1, 0.15) is 11.4 Å². The van der Waals surface area contributed by atoms with E-state index >= 15 is 0 Å². The predicted molar refractivity (Wildman–Crippen MR) is 86.7 cm³/mol. The molecule has 0 radical (unpaired) electrons. The minimum atomic E-state index is -0.546. The third-order valence-electron chi connectivity index (χ3n) is 3.48. The van der Waals surface area contributed by atoms with Gasteiger partial charge in [-0.3, -0.25) is 0 Å². The van der Waals surface area contributed by atoms with Crippen LogP contribution in [-0.2, 0) is 0 Å². The average Bonchev–Trinajstić information content (AvgIpc) is 2.91. The molecule has 5 heteroatoms. The SMILES string of the molecule is CC.COc1cnc2[nH]cc(C(O)CN(C)C(C)C)c2c1. The van der Waals surface area contributed by atoms with Crippen LogP contribution in [0, 0.1) is 0 Å². The molecule has 0 saturated carbocycles. The molecule has 118 valence electrons. The first-order valence-corrected chi connectivity index (χ1v) is 7.42. The maximum Gasteiger partial charge on any atom is 0.137 e. The number of nitrogens with zero attached hydrogens (tertiary/aromatic N) is 2. The van der Waals surface area contributed by atoms with Gasteiger partial charge in [0.2, 0.25) is 0 Å². The number of aliphatic hydroxyl groups is 1. The Hall–Kier alpha value is -1.59. The van der Waals surface area contributed by atoms with E-state index in [1.807, 2.05) is 33.2 Å². The van der Waals surface area contributed by atoms with Crippen molar-refractivity contribution >= 4 is 11.0 Å². The second kappa shape index (κ2) is 8.00. The van der Waals surface area contributed by atoms with Crippen molar-refractivity contribution in [2.45, 2.75) is 39.8 Å². The standard InChI is InChI=1S/C14H21N3O2.C2H6/c1-9(2)17(3)8-13(18)12-7-16-14-11(12)5-10(19-4)6-15-14;1-2/h5-7,9,13,18H,8H2,1-4H3,(H,15,16);1-2H3. The fourth-order valence-corrected chi connectivity index (χ4v) is 1.97. The first-order chi connectivity index (χ1) is 10.0. The van der Waals surface area contributed by atoms with Crippen molar-refractivity contribution in [3.8, 4) is 5.75 Å². The van der Waals surface area contributed by atoms with E-state index in [1.165, 1.54) is 0 Å². The Morgan fingerprint density at radius 1 is 1.38 bits per heavy atom. The molecule has 1 atom stereocenters. The van der Waals surface area contributed by atoms with Gasteiger partial charge < -0.3 is 19.7 Å². The number of H-pyrrole nitrogens is 1. The van der Waals surface area contributed by atoms with Gasteiger partial charge in [-0.2, -0.15) is 0 Å². The van der Waals surface area contributed by atoms with Crippen molar-refractivity contribution < 1.29 is 9.84 Å². The zero-order valence-electron chi connectivity index (χ0n) is 13.8. The van der Waals surface area contributed by atoms with Crippen LogP contribution >= 0.6 is 0 Å². The molecule has 0 aliphatic rings. The van der Waals surface area contributed by atoms with Gasteiger partial charge >= 0.3 is 0 Å². The highest BCUT2D eigenvalue weighted by Gasteiger charge is 2.17. The van der Waals surface area contributed by atoms with Gasteiger partial charge in [-0.25, -0.2) is 4.98 Å². The van der Waals surface area contributed by atoms with Crippen molar-refractivity contribution in [2.75, 3.05) is 20.7 Å². The molecule has 0 amide bonds. The molecule has 0 saturated heterocycles. The number of pyridine rings is 1. The molecule has 2 heterocycles. The summed E-state index contributed by atoms with van der Waals surface area (Å²) in [6, 6.07) is 2.29. The maximum atomic E-state index is 10.4. The molecule has 1 unspecified atom stereocenters. The van der Waals surface area contributed by atoms with Crippen LogP contribution in [0.2, 0.25) is 0 Å². The molecule has 2 aromatic heterocycles. The van der Waals surface area contributed by atoms with Crippen molar-refractivity contribution in [3.63, 3.8) is 0 Å². The Labute approximate surface area is 126 Å². The number of aromatic nitrogens is 2. The van der Waals surface area contributed by atoms with Crippen LogP contribution in [0.25, 0.3) is 11.0 Å². The quantitative estimate of drug-likeness (QED) is 0.889. The molecule has 0 aliphatic carbocycles. The van der Waals surface area contributed by atoms with Gasteiger partial charge in [-0.05, 0) is 27.0 Å². The zero-order chi connectivity index (χ0) is 16.0. The van der Waals surface area contributed by atoms with E-state index in [0.29, 0.717) is 18.3 Å². The summed E-state index contributed by atoms with van der Waals surface area (Å²) in [6.45, 7) is 8.79. The monoisotopic (exact) mass is 293 g/mol. The Balaban J connectivity index is 0.00000106. The summed E-state index contributed by atoms with van der Waals surface area (Å²) in [4.78, 5) is 9.45. The molecule has 21 heavy (non-hydrogen) atoms. The topological polar surface area (TPSA) is 61.4 Å². The molecule has 2 rings (SSSR count). The van der Waals surface area contributed by atoms with E-state index in [2.05, 4.69) is 28.7 Å². The molecule has 0 spiro atoms. The molecule has 0 aliphatic heterocycles. The summed E-state index contributed by atoms with van der Waals surface area (Å²) in [5.41, 5.74) is 1.62. The first kappa shape index (κ1) is 17.5. The number of fused-ring (bicyclic) bond motifs is 1. The molecule has 0 bridgehead atoms. The van der Waals surface area contributed by atoms with Gasteiger partial charge in [0.15, 0.2) is 0 Å². The minimum Gasteiger partial charge on any atom is -0.495 e. The van der Waals surface area contributed by atoms with Crippen LogP contribution in [0.4, 0.5) is 0 Å². The van der Waals surface area contributed by atoms with E-state index < -0.39 is 6.10 Å². The molecule has 2 aromatic rings. The van der Waals surface area contributed by atoms with E-state index in [-0.39, 0.29) is 0 Å². The number of aromatic amines is 1. The number of aliphatic hydroxyl groups excluding tert-OH is 1. The number of hydrogen-bond donors (Lipinski definition) is 2. The van der Waals surface area contributed by atoms with E-state index in [1.54, 1.807) is 13.3 Å². The van der Waals surface area contributed by atoms with Crippen LogP contribution < -0.4 is 4.74 Å². The van der Waals surface area contributed by atoms with Gasteiger partial charge in [0.05, 0.1) is 19.4 Å². The smallest absolute Gasteiger partial charge is 0.137 e. The van der Waals surface area contributed by atoms with Gasteiger partial charge in [0, 0.05) is 29.7 Å². The summed E-state index contributed by atoms with van der Waals surface area (Å²) >= 11 is 0. The fourth-order valence-electron chi connectivity index (χ4n) is 1.97. The second-order valence-electron chi connectivity index (χ2n) is 5.06. The predicted octanol–water partition coefficient (Wildman–Crippen LogP) is 2.97. The Bertz CT molecular complexity index is 551. The number of nitrogens with one attached hydrogen (secondary N) is 1. The zero-order valence-corrected chi connectivity index (χ0v) is 13.8. The molecule has 0 aromatic carbocycles. The summed E-state index contributed by atoms with van der Waals surface area (Å²) in [5.74, 6) is 0.692. The van der Waals surface area contributed by atoms with E-state index in [4.69, 9.17) is 4.74 Å².